The molecule has 0 saturated carbocycles. The van der Waals surface area contributed by atoms with Gasteiger partial charge in [-0.05, 0) is 85.3 Å². The van der Waals surface area contributed by atoms with Gasteiger partial charge in [-0.2, -0.15) is 0 Å². The predicted octanol–water partition coefficient (Wildman–Crippen LogP) is 5.94. The van der Waals surface area contributed by atoms with E-state index < -0.39 is 0 Å². The van der Waals surface area contributed by atoms with Crippen LogP contribution in [0, 0.1) is 11.6 Å². The van der Waals surface area contributed by atoms with Crippen molar-refractivity contribution in [2.45, 2.75) is 25.8 Å². The number of ketones is 1. The zero-order valence-corrected chi connectivity index (χ0v) is 19.1. The molecular weight excluding hydrogens is 434 g/mol. The van der Waals surface area contributed by atoms with Crippen molar-refractivity contribution in [3.63, 3.8) is 0 Å². The summed E-state index contributed by atoms with van der Waals surface area (Å²) in [5, 5.41) is 0.929. The van der Waals surface area contributed by atoms with Gasteiger partial charge in [-0.3, -0.25) is 9.69 Å². The van der Waals surface area contributed by atoms with Crippen LogP contribution in [-0.4, -0.2) is 35.4 Å². The van der Waals surface area contributed by atoms with Crippen molar-refractivity contribution in [3.05, 3.63) is 95.2 Å². The van der Waals surface area contributed by atoms with Crippen molar-refractivity contribution < 1.29 is 18.3 Å². The van der Waals surface area contributed by atoms with E-state index in [1.54, 1.807) is 13.2 Å². The summed E-state index contributed by atoms with van der Waals surface area (Å²) >= 11 is 0. The van der Waals surface area contributed by atoms with E-state index in [1.165, 1.54) is 36.0 Å². The van der Waals surface area contributed by atoms with E-state index in [2.05, 4.69) is 9.47 Å². The summed E-state index contributed by atoms with van der Waals surface area (Å²) in [4.78, 5) is 14.7. The van der Waals surface area contributed by atoms with Crippen LogP contribution in [-0.2, 0) is 13.0 Å². The molecule has 1 aliphatic rings. The monoisotopic (exact) mass is 460 g/mol. The smallest absolute Gasteiger partial charge is 0.162 e. The number of nitrogens with zero attached hydrogens (tertiary/aromatic N) is 2. The van der Waals surface area contributed by atoms with Crippen LogP contribution in [0.1, 0.15) is 34.5 Å². The molecule has 0 aliphatic carbocycles. The third-order valence-corrected chi connectivity index (χ3v) is 6.56. The molecule has 34 heavy (non-hydrogen) atoms. The number of methoxy groups -OCH3 is 1. The summed E-state index contributed by atoms with van der Waals surface area (Å²) in [7, 11) is 1.65. The molecule has 0 unspecified atom stereocenters. The molecule has 0 N–H and O–H groups in total. The van der Waals surface area contributed by atoms with Gasteiger partial charge in [0.1, 0.15) is 17.4 Å². The first-order valence-electron chi connectivity index (χ1n) is 11.5. The maximum Gasteiger partial charge on any atom is 0.162 e. The first kappa shape index (κ1) is 22.3. The number of rotatable bonds is 7. The highest BCUT2D eigenvalue weighted by atomic mass is 19.1. The van der Waals surface area contributed by atoms with E-state index in [0.29, 0.717) is 18.5 Å². The summed E-state index contributed by atoms with van der Waals surface area (Å²) < 4.78 is 34.8. The molecule has 0 bridgehead atoms. The van der Waals surface area contributed by atoms with Crippen LogP contribution in [0.2, 0.25) is 0 Å². The molecule has 3 aromatic carbocycles. The number of ether oxygens (including phenoxy) is 1. The zero-order chi connectivity index (χ0) is 23.7. The molecular formula is C28H26F2N2O2. The average molecular weight is 461 g/mol. The van der Waals surface area contributed by atoms with Gasteiger partial charge in [0, 0.05) is 48.3 Å². The van der Waals surface area contributed by atoms with Crippen molar-refractivity contribution in [3.8, 4) is 11.4 Å². The summed E-state index contributed by atoms with van der Waals surface area (Å²) in [6.07, 6.45) is 1.97. The Kier molecular flexibility index (Phi) is 6.16. The highest BCUT2D eigenvalue weighted by Gasteiger charge is 2.25. The Morgan fingerprint density at radius 1 is 0.971 bits per heavy atom. The quantitative estimate of drug-likeness (QED) is 0.320. The normalized spacial score (nSPS) is 13.7. The van der Waals surface area contributed by atoms with E-state index in [1.807, 2.05) is 30.3 Å². The largest absolute Gasteiger partial charge is 0.497 e. The van der Waals surface area contributed by atoms with Gasteiger partial charge in [0.2, 0.25) is 0 Å². The molecule has 4 nitrogen and oxygen atoms in total. The minimum atomic E-state index is -0.342. The van der Waals surface area contributed by atoms with Crippen LogP contribution in [0.15, 0.2) is 66.7 Å². The van der Waals surface area contributed by atoms with E-state index in [0.717, 1.165) is 53.8 Å². The van der Waals surface area contributed by atoms with Crippen LogP contribution < -0.4 is 4.74 Å². The Morgan fingerprint density at radius 3 is 2.44 bits per heavy atom. The van der Waals surface area contributed by atoms with Gasteiger partial charge in [0.15, 0.2) is 5.78 Å². The molecule has 0 atom stereocenters. The zero-order valence-electron chi connectivity index (χ0n) is 19.1. The Bertz CT molecular complexity index is 1330. The molecule has 0 spiro atoms. The topological polar surface area (TPSA) is 34.5 Å². The highest BCUT2D eigenvalue weighted by molar-refractivity contribution is 5.96. The molecule has 5 rings (SSSR count). The van der Waals surface area contributed by atoms with E-state index in [4.69, 9.17) is 4.74 Å². The third kappa shape index (κ3) is 4.33. The number of hydrogen-bond acceptors (Lipinski definition) is 3. The fourth-order valence-electron chi connectivity index (χ4n) is 4.85. The van der Waals surface area contributed by atoms with Gasteiger partial charge in [0.05, 0.1) is 12.6 Å². The lowest BCUT2D eigenvalue weighted by molar-refractivity contribution is 0.0973. The fraction of sp³-hybridized carbons (Fsp3) is 0.250. The molecule has 6 heteroatoms. The second-order valence-corrected chi connectivity index (χ2v) is 8.68. The number of aromatic nitrogens is 1. The van der Waals surface area contributed by atoms with E-state index in [-0.39, 0.29) is 17.4 Å². The van der Waals surface area contributed by atoms with Gasteiger partial charge in [-0.25, -0.2) is 8.78 Å². The second kappa shape index (κ2) is 9.39. The number of Topliss-reactive ketones (excluding diaryl/α,β-unsaturated/α-hetero) is 1. The lowest BCUT2D eigenvalue weighted by Crippen LogP contribution is -2.32. The summed E-state index contributed by atoms with van der Waals surface area (Å²) in [6, 6.07) is 18.6. The molecule has 2 heterocycles. The number of halogens is 2. The fourth-order valence-corrected chi connectivity index (χ4v) is 4.85. The van der Waals surface area contributed by atoms with Crippen LogP contribution in [0.25, 0.3) is 16.6 Å². The van der Waals surface area contributed by atoms with Crippen molar-refractivity contribution in [2.24, 2.45) is 0 Å². The van der Waals surface area contributed by atoms with Crippen molar-refractivity contribution in [2.75, 3.05) is 20.2 Å². The third-order valence-electron chi connectivity index (χ3n) is 6.56. The number of benzene rings is 3. The van der Waals surface area contributed by atoms with Gasteiger partial charge < -0.3 is 9.30 Å². The highest BCUT2D eigenvalue weighted by Crippen LogP contribution is 2.34. The molecule has 0 saturated heterocycles. The molecule has 0 radical (unpaired) electrons. The van der Waals surface area contributed by atoms with Gasteiger partial charge >= 0.3 is 0 Å². The van der Waals surface area contributed by atoms with E-state index >= 15 is 0 Å². The van der Waals surface area contributed by atoms with Gasteiger partial charge in [-0.15, -0.1) is 0 Å². The number of carbonyl (C=O) groups is 1. The minimum Gasteiger partial charge on any atom is -0.497 e. The lowest BCUT2D eigenvalue weighted by atomic mass is 10.0. The van der Waals surface area contributed by atoms with Crippen molar-refractivity contribution in [1.82, 2.24) is 9.47 Å². The molecule has 1 aliphatic heterocycles. The standard InChI is InChI=1S/C28H26F2N2O2/c1-34-23-11-9-22(10-12-23)32-26-13-8-21(30)17-24(26)25-18-31(16-14-27(25)32)15-2-3-28(33)19-4-6-20(29)7-5-19/h4-13,17H,2-3,14-16,18H2,1H3. The summed E-state index contributed by atoms with van der Waals surface area (Å²) in [5.41, 5.74) is 4.90. The molecule has 174 valence electrons. The Balaban J connectivity index is 1.35. The Labute approximate surface area is 197 Å². The Hall–Kier alpha value is -3.51. The predicted molar refractivity (Wildman–Crippen MR) is 129 cm³/mol. The average Bonchev–Trinajstić information content (AvgIpc) is 3.17. The van der Waals surface area contributed by atoms with Crippen LogP contribution in [0.5, 0.6) is 5.75 Å². The summed E-state index contributed by atoms with van der Waals surface area (Å²) in [5.74, 6) is 0.229. The molecule has 0 amide bonds. The number of carbonyl (C=O) groups excluding carboxylic acids is 1. The maximum atomic E-state index is 14.2. The number of hydrogen-bond donors (Lipinski definition) is 0. The second-order valence-electron chi connectivity index (χ2n) is 8.68. The maximum absolute atomic E-state index is 14.2. The van der Waals surface area contributed by atoms with Crippen LogP contribution >= 0.6 is 0 Å². The van der Waals surface area contributed by atoms with Crippen LogP contribution in [0.4, 0.5) is 8.78 Å². The lowest BCUT2D eigenvalue weighted by Gasteiger charge is -2.28. The minimum absolute atomic E-state index is 0.0240. The van der Waals surface area contributed by atoms with E-state index in [9.17, 15) is 13.6 Å². The van der Waals surface area contributed by atoms with Gasteiger partial charge in [-0.1, -0.05) is 0 Å². The van der Waals surface area contributed by atoms with Gasteiger partial charge in [0.25, 0.3) is 0 Å². The molecule has 1 aromatic heterocycles. The van der Waals surface area contributed by atoms with Crippen LogP contribution in [0.3, 0.4) is 0 Å². The number of fused-ring (bicyclic) bond motifs is 3. The first-order chi connectivity index (χ1) is 16.5. The SMILES string of the molecule is COc1ccc(-n2c3c(c4cc(F)ccc42)CN(CCCC(=O)c2ccc(F)cc2)CC3)cc1. The molecule has 0 fully saturated rings. The van der Waals surface area contributed by atoms with Crippen molar-refractivity contribution >= 4 is 16.7 Å². The Morgan fingerprint density at radius 2 is 1.71 bits per heavy atom. The molecule has 4 aromatic rings. The first-order valence-corrected chi connectivity index (χ1v) is 11.5. The summed E-state index contributed by atoms with van der Waals surface area (Å²) in [6.45, 7) is 2.35. The van der Waals surface area contributed by atoms with Crippen molar-refractivity contribution in [1.29, 1.82) is 0 Å².